The maximum atomic E-state index is 6.64. The predicted molar refractivity (Wildman–Crippen MR) is 209 cm³/mol. The number of hydrogen-bond acceptors (Lipinski definition) is 8. The zero-order valence-electron chi connectivity index (χ0n) is 28.4. The van der Waals surface area contributed by atoms with Crippen molar-refractivity contribution in [2.24, 2.45) is 0 Å². The van der Waals surface area contributed by atoms with Crippen molar-refractivity contribution in [3.63, 3.8) is 0 Å². The summed E-state index contributed by atoms with van der Waals surface area (Å²) in [6, 6.07) is 49.1. The van der Waals surface area contributed by atoms with E-state index in [1.165, 1.54) is 0 Å². The van der Waals surface area contributed by atoms with Crippen LogP contribution in [0, 0.1) is 0 Å². The van der Waals surface area contributed by atoms with Gasteiger partial charge in [0.15, 0.2) is 40.3 Å². The number of aromatic nitrogens is 8. The van der Waals surface area contributed by atoms with Crippen LogP contribution in [0.2, 0.25) is 0 Å². The monoisotopic (exact) mass is 698 g/mol. The number of ether oxygens (including phenoxy) is 1. The molecule has 254 valence electrons. The van der Waals surface area contributed by atoms with Crippen LogP contribution in [0.3, 0.4) is 0 Å². The highest BCUT2D eigenvalue weighted by Gasteiger charge is 2.24. The number of H-pyrrole nitrogens is 1. The van der Waals surface area contributed by atoms with Crippen molar-refractivity contribution in [3.05, 3.63) is 152 Å². The van der Waals surface area contributed by atoms with Crippen molar-refractivity contribution in [3.8, 4) is 62.8 Å². The van der Waals surface area contributed by atoms with E-state index < -0.39 is 0 Å². The highest BCUT2D eigenvalue weighted by molar-refractivity contribution is 6.09. The average molecular weight is 699 g/mol. The summed E-state index contributed by atoms with van der Waals surface area (Å²) < 4.78 is 8.15. The van der Waals surface area contributed by atoms with Crippen molar-refractivity contribution in [1.29, 1.82) is 0 Å². The van der Waals surface area contributed by atoms with Gasteiger partial charge < -0.3 is 14.6 Å². The van der Waals surface area contributed by atoms with Gasteiger partial charge in [-0.15, -0.1) is 4.73 Å². The second-order valence-corrected chi connectivity index (χ2v) is 12.9. The normalized spacial score (nSPS) is 11.7. The van der Waals surface area contributed by atoms with E-state index in [4.69, 9.17) is 39.5 Å². The van der Waals surface area contributed by atoms with Crippen LogP contribution in [0.5, 0.6) is 17.2 Å². The zero-order valence-corrected chi connectivity index (χ0v) is 28.4. The Morgan fingerprint density at radius 2 is 0.852 bits per heavy atom. The lowest BCUT2D eigenvalue weighted by molar-refractivity contribution is 0.238. The first kappa shape index (κ1) is 30.0. The van der Waals surface area contributed by atoms with E-state index >= 15 is 0 Å². The predicted octanol–water partition coefficient (Wildman–Crippen LogP) is 9.98. The number of fused-ring (bicyclic) bond motifs is 20. The number of nitrogens with one attached hydrogen (secondary N) is 1. The van der Waals surface area contributed by atoms with Crippen molar-refractivity contribution >= 4 is 44.1 Å². The number of aromatic amines is 1. The number of benzene rings is 6. The summed E-state index contributed by atoms with van der Waals surface area (Å²) in [7, 11) is 0. The van der Waals surface area contributed by atoms with Crippen molar-refractivity contribution in [2.45, 2.75) is 0 Å². The largest absolute Gasteiger partial charge is 0.457 e. The molecule has 2 aliphatic heterocycles. The van der Waals surface area contributed by atoms with Crippen molar-refractivity contribution in [1.82, 2.24) is 39.6 Å². The Bertz CT molecular complexity index is 3120. The van der Waals surface area contributed by atoms with Gasteiger partial charge in [0.1, 0.15) is 22.8 Å². The van der Waals surface area contributed by atoms with Crippen LogP contribution in [0.15, 0.2) is 152 Å². The molecule has 0 atom stereocenters. The van der Waals surface area contributed by atoms with E-state index in [1.54, 1.807) is 4.73 Å². The standard InChI is InChI=1S/C44H26N8O2/c1-3-14-26(15-4-1)53-35-25-13-24-34-36(35)42-48-38-29-19-8-10-21-31(29)40(46-38)51-44-33-23-12-11-22-32(33)43(52(44)54-27-16-5-2-6-17-27)50-39-30-20-9-7-18-28(30)37(45-39)47-41(34)49-42/h1-25H,(H,45,46,47,48,49,50,51). The second kappa shape index (κ2) is 11.9. The van der Waals surface area contributed by atoms with Gasteiger partial charge in [-0.25, -0.2) is 29.9 Å². The minimum absolute atomic E-state index is 0.491. The highest BCUT2D eigenvalue weighted by atomic mass is 16.7. The summed E-state index contributed by atoms with van der Waals surface area (Å²) >= 11 is 0. The minimum atomic E-state index is 0.491. The fraction of sp³-hybridized carbons (Fsp3) is 0. The van der Waals surface area contributed by atoms with E-state index in [2.05, 4.69) is 4.98 Å². The van der Waals surface area contributed by atoms with Gasteiger partial charge in [0.05, 0.1) is 5.39 Å². The van der Waals surface area contributed by atoms with Crippen LogP contribution in [0.4, 0.5) is 0 Å². The SMILES string of the molecule is c1ccc(Oc2cccc3c4nc5nc(nc6c7ccccc7c(nc7nc(nc([nH]4)c23)-c2ccccc2-7)n6Oc2ccccc2)-c2ccccc2-5)cc1. The fourth-order valence-electron chi connectivity index (χ4n) is 7.11. The Labute approximate surface area is 307 Å². The van der Waals surface area contributed by atoms with Gasteiger partial charge in [-0.3, -0.25) is 0 Å². The molecule has 9 aromatic rings. The molecule has 8 bridgehead atoms. The molecule has 10 heteroatoms. The molecule has 0 amide bonds. The topological polar surface area (TPSA) is 117 Å². The lowest BCUT2D eigenvalue weighted by Crippen LogP contribution is -2.06. The molecule has 10 nitrogen and oxygen atoms in total. The summed E-state index contributed by atoms with van der Waals surface area (Å²) in [4.78, 5) is 41.2. The molecule has 1 N–H and O–H groups in total. The first-order valence-corrected chi connectivity index (χ1v) is 17.5. The molecular weight excluding hydrogens is 673 g/mol. The number of nitrogens with zero attached hydrogens (tertiary/aromatic N) is 7. The minimum Gasteiger partial charge on any atom is -0.457 e. The van der Waals surface area contributed by atoms with Crippen LogP contribution in [0.25, 0.3) is 89.7 Å². The van der Waals surface area contributed by atoms with Gasteiger partial charge in [0.25, 0.3) is 0 Å². The zero-order chi connectivity index (χ0) is 35.6. The van der Waals surface area contributed by atoms with Crippen molar-refractivity contribution < 1.29 is 9.57 Å². The summed E-state index contributed by atoms with van der Waals surface area (Å²) in [5.41, 5.74) is 5.56. The third-order valence-corrected chi connectivity index (χ3v) is 9.56. The van der Waals surface area contributed by atoms with Gasteiger partial charge in [0, 0.05) is 38.4 Å². The second-order valence-electron chi connectivity index (χ2n) is 12.9. The third-order valence-electron chi connectivity index (χ3n) is 9.56. The summed E-state index contributed by atoms with van der Waals surface area (Å²) in [5, 5.41) is 3.26. The van der Waals surface area contributed by atoms with Gasteiger partial charge in [-0.05, 0) is 30.3 Å². The Morgan fingerprint density at radius 1 is 0.389 bits per heavy atom. The molecule has 0 saturated carbocycles. The van der Waals surface area contributed by atoms with Gasteiger partial charge in [0.2, 0.25) is 0 Å². The quantitative estimate of drug-likeness (QED) is 0.193. The van der Waals surface area contributed by atoms with E-state index in [1.807, 2.05) is 152 Å². The summed E-state index contributed by atoms with van der Waals surface area (Å²) in [5.74, 6) is 3.94. The Kier molecular flexibility index (Phi) is 6.62. The maximum absolute atomic E-state index is 6.64. The third kappa shape index (κ3) is 4.81. The lowest BCUT2D eigenvalue weighted by Gasteiger charge is -2.07. The molecule has 6 aromatic carbocycles. The average Bonchev–Trinajstić information content (AvgIpc) is 3.94. The molecule has 0 spiro atoms. The van der Waals surface area contributed by atoms with E-state index in [0.29, 0.717) is 63.1 Å². The van der Waals surface area contributed by atoms with Crippen LogP contribution in [0.1, 0.15) is 0 Å². The molecule has 54 heavy (non-hydrogen) atoms. The number of para-hydroxylation sites is 2. The van der Waals surface area contributed by atoms with Crippen LogP contribution < -0.4 is 9.57 Å². The van der Waals surface area contributed by atoms with Gasteiger partial charge >= 0.3 is 0 Å². The highest BCUT2D eigenvalue weighted by Crippen LogP contribution is 2.39. The van der Waals surface area contributed by atoms with E-state index in [-0.39, 0.29) is 0 Å². The van der Waals surface area contributed by atoms with Crippen LogP contribution >= 0.6 is 0 Å². The molecule has 5 heterocycles. The molecule has 0 aliphatic carbocycles. The van der Waals surface area contributed by atoms with Crippen molar-refractivity contribution in [2.75, 3.05) is 0 Å². The molecule has 3 aromatic heterocycles. The summed E-state index contributed by atoms with van der Waals surface area (Å²) in [6.07, 6.45) is 0. The Balaban J connectivity index is 1.31. The number of rotatable bonds is 4. The maximum Gasteiger partial charge on any atom is 0.181 e. The van der Waals surface area contributed by atoms with E-state index in [9.17, 15) is 0 Å². The summed E-state index contributed by atoms with van der Waals surface area (Å²) in [6.45, 7) is 0. The van der Waals surface area contributed by atoms with Crippen LogP contribution in [-0.4, -0.2) is 39.6 Å². The smallest absolute Gasteiger partial charge is 0.181 e. The first-order valence-electron chi connectivity index (χ1n) is 17.5. The molecule has 2 aliphatic rings. The van der Waals surface area contributed by atoms with Gasteiger partial charge in [-0.2, -0.15) is 0 Å². The molecular formula is C44H26N8O2. The molecule has 0 fully saturated rings. The molecule has 0 radical (unpaired) electrons. The fourth-order valence-corrected chi connectivity index (χ4v) is 7.11. The Morgan fingerprint density at radius 3 is 1.43 bits per heavy atom. The van der Waals surface area contributed by atoms with E-state index in [0.717, 1.165) is 43.8 Å². The number of hydrogen-bond donors (Lipinski definition) is 1. The molecule has 0 saturated heterocycles. The molecule has 11 rings (SSSR count). The molecule has 0 unspecified atom stereocenters. The van der Waals surface area contributed by atoms with Crippen LogP contribution in [-0.2, 0) is 0 Å². The Hall–Kier alpha value is -7.72. The van der Waals surface area contributed by atoms with Gasteiger partial charge in [-0.1, -0.05) is 121 Å². The lowest BCUT2D eigenvalue weighted by atomic mass is 10.1. The first-order chi connectivity index (χ1) is 26.7.